The summed E-state index contributed by atoms with van der Waals surface area (Å²) in [4.78, 5) is 23.9. The fourth-order valence-electron chi connectivity index (χ4n) is 1.38. The number of rotatable bonds is 10. The molecule has 0 aliphatic heterocycles. The highest BCUT2D eigenvalue weighted by molar-refractivity contribution is 5.78. The zero-order valence-corrected chi connectivity index (χ0v) is 11.3. The molecule has 0 spiro atoms. The molecule has 0 aliphatic carbocycles. The SMILES string of the molecule is COCCOCC(=O)N(CCC(=O)O)CC(C)C. The number of carbonyl (C=O) groups is 2. The third kappa shape index (κ3) is 8.95. The van der Waals surface area contributed by atoms with Crippen LogP contribution in [-0.2, 0) is 19.1 Å². The highest BCUT2D eigenvalue weighted by Gasteiger charge is 2.16. The molecule has 0 saturated heterocycles. The molecule has 6 heteroatoms. The highest BCUT2D eigenvalue weighted by atomic mass is 16.5. The van der Waals surface area contributed by atoms with E-state index in [2.05, 4.69) is 0 Å². The van der Waals surface area contributed by atoms with E-state index in [9.17, 15) is 9.59 Å². The maximum absolute atomic E-state index is 11.8. The number of methoxy groups -OCH3 is 1. The predicted molar refractivity (Wildman–Crippen MR) is 66.4 cm³/mol. The lowest BCUT2D eigenvalue weighted by molar-refractivity contribution is -0.140. The molecular formula is C12H23NO5. The van der Waals surface area contributed by atoms with Crippen LogP contribution in [0.4, 0.5) is 0 Å². The van der Waals surface area contributed by atoms with Gasteiger partial charge in [-0.2, -0.15) is 0 Å². The summed E-state index contributed by atoms with van der Waals surface area (Å²) in [5.74, 6) is -0.792. The minimum atomic E-state index is -0.906. The summed E-state index contributed by atoms with van der Waals surface area (Å²) in [7, 11) is 1.56. The predicted octanol–water partition coefficient (Wildman–Crippen LogP) is 0.609. The van der Waals surface area contributed by atoms with E-state index in [4.69, 9.17) is 14.6 Å². The van der Waals surface area contributed by atoms with Gasteiger partial charge in [0.05, 0.1) is 19.6 Å². The van der Waals surface area contributed by atoms with Gasteiger partial charge in [0, 0.05) is 20.2 Å². The first-order chi connectivity index (χ1) is 8.47. The number of aliphatic carboxylic acids is 1. The summed E-state index contributed by atoms with van der Waals surface area (Å²) in [6.07, 6.45) is -0.0451. The van der Waals surface area contributed by atoms with E-state index in [1.165, 1.54) is 4.90 Å². The number of carboxylic acids is 1. The first kappa shape index (κ1) is 16.9. The summed E-state index contributed by atoms with van der Waals surface area (Å²) >= 11 is 0. The van der Waals surface area contributed by atoms with E-state index >= 15 is 0 Å². The molecule has 0 aromatic rings. The quantitative estimate of drug-likeness (QED) is 0.583. The Hall–Kier alpha value is -1.14. The monoisotopic (exact) mass is 261 g/mol. The molecule has 1 N–H and O–H groups in total. The number of nitrogens with zero attached hydrogens (tertiary/aromatic N) is 1. The highest BCUT2D eigenvalue weighted by Crippen LogP contribution is 2.01. The van der Waals surface area contributed by atoms with Crippen molar-refractivity contribution < 1.29 is 24.2 Å². The number of hydrogen-bond donors (Lipinski definition) is 1. The molecule has 0 atom stereocenters. The lowest BCUT2D eigenvalue weighted by Crippen LogP contribution is -2.38. The lowest BCUT2D eigenvalue weighted by atomic mass is 10.2. The second kappa shape index (κ2) is 9.85. The molecule has 0 aromatic carbocycles. The Morgan fingerprint density at radius 2 is 1.94 bits per heavy atom. The van der Waals surface area contributed by atoms with Crippen LogP contribution in [0, 0.1) is 5.92 Å². The molecule has 0 radical (unpaired) electrons. The van der Waals surface area contributed by atoms with Crippen LogP contribution in [0.25, 0.3) is 0 Å². The Morgan fingerprint density at radius 1 is 1.28 bits per heavy atom. The maximum atomic E-state index is 11.8. The van der Waals surface area contributed by atoms with E-state index in [0.29, 0.717) is 25.7 Å². The smallest absolute Gasteiger partial charge is 0.305 e. The average molecular weight is 261 g/mol. The second-order valence-electron chi connectivity index (χ2n) is 4.42. The van der Waals surface area contributed by atoms with Gasteiger partial charge in [-0.05, 0) is 5.92 Å². The van der Waals surface area contributed by atoms with Crippen LogP contribution in [-0.4, -0.2) is 61.9 Å². The molecular weight excluding hydrogens is 238 g/mol. The minimum absolute atomic E-state index is 0.0320. The minimum Gasteiger partial charge on any atom is -0.481 e. The van der Waals surface area contributed by atoms with Gasteiger partial charge in [0.25, 0.3) is 0 Å². The van der Waals surface area contributed by atoms with Gasteiger partial charge in [0.15, 0.2) is 0 Å². The standard InChI is InChI=1S/C12H23NO5/c1-10(2)8-13(5-4-12(15)16)11(14)9-18-7-6-17-3/h10H,4-9H2,1-3H3,(H,15,16). The van der Waals surface area contributed by atoms with Crippen molar-refractivity contribution in [3.05, 3.63) is 0 Å². The van der Waals surface area contributed by atoms with Crippen LogP contribution < -0.4 is 0 Å². The molecule has 106 valence electrons. The molecule has 0 aromatic heterocycles. The van der Waals surface area contributed by atoms with Gasteiger partial charge in [0.2, 0.25) is 5.91 Å². The summed E-state index contributed by atoms with van der Waals surface area (Å²) < 4.78 is 9.94. The van der Waals surface area contributed by atoms with Crippen molar-refractivity contribution in [2.75, 3.05) is 40.0 Å². The van der Waals surface area contributed by atoms with Crippen molar-refractivity contribution in [1.82, 2.24) is 4.90 Å². The van der Waals surface area contributed by atoms with Crippen LogP contribution in [0.3, 0.4) is 0 Å². The summed E-state index contributed by atoms with van der Waals surface area (Å²) in [5.41, 5.74) is 0. The number of amides is 1. The summed E-state index contributed by atoms with van der Waals surface area (Å²) in [6, 6.07) is 0. The number of carboxylic acid groups (broad SMARTS) is 1. The number of ether oxygens (including phenoxy) is 2. The molecule has 6 nitrogen and oxygen atoms in total. The van der Waals surface area contributed by atoms with Crippen LogP contribution in [0.1, 0.15) is 20.3 Å². The van der Waals surface area contributed by atoms with Gasteiger partial charge in [0.1, 0.15) is 6.61 Å². The van der Waals surface area contributed by atoms with Gasteiger partial charge >= 0.3 is 5.97 Å². The van der Waals surface area contributed by atoms with Crippen molar-refractivity contribution in [1.29, 1.82) is 0 Å². The fraction of sp³-hybridized carbons (Fsp3) is 0.833. The Bertz CT molecular complexity index is 255. The van der Waals surface area contributed by atoms with Gasteiger partial charge < -0.3 is 19.5 Å². The average Bonchev–Trinajstić information content (AvgIpc) is 2.29. The Labute approximate surface area is 108 Å². The topological polar surface area (TPSA) is 76.1 Å². The van der Waals surface area contributed by atoms with Crippen LogP contribution in [0.5, 0.6) is 0 Å². The van der Waals surface area contributed by atoms with Crippen LogP contribution in [0.2, 0.25) is 0 Å². The van der Waals surface area contributed by atoms with Gasteiger partial charge in [-0.1, -0.05) is 13.8 Å². The first-order valence-electron chi connectivity index (χ1n) is 6.03. The third-order valence-electron chi connectivity index (χ3n) is 2.19. The molecule has 0 saturated carbocycles. The molecule has 0 unspecified atom stereocenters. The van der Waals surface area contributed by atoms with Crippen LogP contribution >= 0.6 is 0 Å². The van der Waals surface area contributed by atoms with Gasteiger partial charge in [-0.15, -0.1) is 0 Å². The summed E-state index contributed by atoms with van der Waals surface area (Å²) in [5, 5.41) is 8.64. The zero-order chi connectivity index (χ0) is 14.0. The molecule has 0 rings (SSSR count). The van der Waals surface area contributed by atoms with Gasteiger partial charge in [-0.3, -0.25) is 9.59 Å². The molecule has 0 aliphatic rings. The lowest BCUT2D eigenvalue weighted by Gasteiger charge is -2.23. The molecule has 1 amide bonds. The van der Waals surface area contributed by atoms with E-state index in [0.717, 1.165) is 0 Å². The van der Waals surface area contributed by atoms with Gasteiger partial charge in [-0.25, -0.2) is 0 Å². The normalized spacial score (nSPS) is 10.7. The first-order valence-corrected chi connectivity index (χ1v) is 6.03. The zero-order valence-electron chi connectivity index (χ0n) is 11.3. The number of hydrogen-bond acceptors (Lipinski definition) is 4. The summed E-state index contributed by atoms with van der Waals surface area (Å²) in [6.45, 7) is 5.48. The molecule has 0 bridgehead atoms. The Kier molecular flexibility index (Phi) is 9.22. The van der Waals surface area contributed by atoms with E-state index in [1.54, 1.807) is 7.11 Å². The third-order valence-corrected chi connectivity index (χ3v) is 2.19. The molecule has 0 heterocycles. The van der Waals surface area contributed by atoms with E-state index in [1.807, 2.05) is 13.8 Å². The molecule has 0 fully saturated rings. The second-order valence-corrected chi connectivity index (χ2v) is 4.42. The fourth-order valence-corrected chi connectivity index (χ4v) is 1.38. The Morgan fingerprint density at radius 3 is 2.44 bits per heavy atom. The van der Waals surface area contributed by atoms with Crippen molar-refractivity contribution >= 4 is 11.9 Å². The van der Waals surface area contributed by atoms with Crippen molar-refractivity contribution in [3.63, 3.8) is 0 Å². The maximum Gasteiger partial charge on any atom is 0.305 e. The van der Waals surface area contributed by atoms with Crippen LogP contribution in [0.15, 0.2) is 0 Å². The largest absolute Gasteiger partial charge is 0.481 e. The Balaban J connectivity index is 4.09. The number of carbonyl (C=O) groups excluding carboxylic acids is 1. The van der Waals surface area contributed by atoms with E-state index in [-0.39, 0.29) is 25.5 Å². The molecule has 18 heavy (non-hydrogen) atoms. The van der Waals surface area contributed by atoms with Crippen molar-refractivity contribution in [2.45, 2.75) is 20.3 Å². The van der Waals surface area contributed by atoms with E-state index < -0.39 is 5.97 Å². The van der Waals surface area contributed by atoms with Crippen molar-refractivity contribution in [3.8, 4) is 0 Å². The van der Waals surface area contributed by atoms with Crippen molar-refractivity contribution in [2.24, 2.45) is 5.92 Å².